The van der Waals surface area contributed by atoms with Gasteiger partial charge >= 0.3 is 5.97 Å². The Hall–Kier alpha value is -2.82. The number of nitrogens with zero attached hydrogens (tertiary/aromatic N) is 1. The fraction of sp³-hybridized carbons (Fsp3) is 0.263. The second-order valence-electron chi connectivity index (χ2n) is 6.09. The summed E-state index contributed by atoms with van der Waals surface area (Å²) in [6.45, 7) is 2.34. The minimum Gasteiger partial charge on any atom is -0.489 e. The summed E-state index contributed by atoms with van der Waals surface area (Å²) in [5.41, 5.74) is 2.11. The van der Waals surface area contributed by atoms with Crippen molar-refractivity contribution in [1.29, 1.82) is 0 Å². The van der Waals surface area contributed by atoms with E-state index in [0.717, 1.165) is 11.3 Å². The van der Waals surface area contributed by atoms with Crippen molar-refractivity contribution >= 4 is 17.6 Å². The predicted octanol–water partition coefficient (Wildman–Crippen LogP) is 2.58. The van der Waals surface area contributed by atoms with Crippen molar-refractivity contribution in [3.63, 3.8) is 0 Å². The Balaban J connectivity index is 1.66. The third-order valence-corrected chi connectivity index (χ3v) is 4.45. The number of anilines is 1. The summed E-state index contributed by atoms with van der Waals surface area (Å²) in [6.07, 6.45) is -0.409. The average molecular weight is 323 g/mol. The molecule has 0 bridgehead atoms. The Morgan fingerprint density at radius 1 is 1.12 bits per heavy atom. The van der Waals surface area contributed by atoms with Crippen LogP contribution in [0.4, 0.5) is 5.69 Å². The van der Waals surface area contributed by atoms with Crippen LogP contribution >= 0.6 is 0 Å². The molecule has 0 saturated heterocycles. The molecule has 24 heavy (non-hydrogen) atoms. The van der Waals surface area contributed by atoms with Crippen LogP contribution in [0.5, 0.6) is 5.75 Å². The molecule has 0 spiro atoms. The van der Waals surface area contributed by atoms with E-state index in [0.29, 0.717) is 24.3 Å². The summed E-state index contributed by atoms with van der Waals surface area (Å²) in [5, 5.41) is 0. The molecule has 2 aromatic rings. The van der Waals surface area contributed by atoms with E-state index in [-0.39, 0.29) is 11.9 Å². The number of benzene rings is 2. The summed E-state index contributed by atoms with van der Waals surface area (Å²) in [5.74, 6) is 0.0250. The number of fused-ring (bicyclic) bond motifs is 2. The Morgan fingerprint density at radius 2 is 1.88 bits per heavy atom. The highest BCUT2D eigenvalue weighted by Gasteiger charge is 2.38. The minimum absolute atomic E-state index is 0.122. The van der Waals surface area contributed by atoms with Crippen molar-refractivity contribution in [3.8, 4) is 5.75 Å². The van der Waals surface area contributed by atoms with E-state index < -0.39 is 12.1 Å². The van der Waals surface area contributed by atoms with E-state index in [1.54, 1.807) is 17.0 Å². The minimum atomic E-state index is -0.805. The Kier molecular flexibility index (Phi) is 3.49. The molecule has 2 atom stereocenters. The number of para-hydroxylation sites is 2. The molecule has 0 aliphatic carbocycles. The maximum atomic E-state index is 13.1. The van der Waals surface area contributed by atoms with Crippen LogP contribution in [0.25, 0.3) is 0 Å². The van der Waals surface area contributed by atoms with Gasteiger partial charge in [0.2, 0.25) is 0 Å². The van der Waals surface area contributed by atoms with Crippen molar-refractivity contribution < 1.29 is 19.1 Å². The topological polar surface area (TPSA) is 55.8 Å². The van der Waals surface area contributed by atoms with E-state index >= 15 is 0 Å². The van der Waals surface area contributed by atoms with Gasteiger partial charge in [-0.3, -0.25) is 9.69 Å². The normalized spacial score (nSPS) is 22.0. The fourth-order valence-corrected chi connectivity index (χ4v) is 3.26. The molecule has 2 heterocycles. The maximum Gasteiger partial charge on any atom is 0.339 e. The summed E-state index contributed by atoms with van der Waals surface area (Å²) < 4.78 is 11.1. The number of cyclic esters (lactones) is 1. The van der Waals surface area contributed by atoms with Crippen molar-refractivity contribution in [2.24, 2.45) is 0 Å². The molecular weight excluding hydrogens is 306 g/mol. The molecule has 122 valence electrons. The van der Waals surface area contributed by atoms with E-state index in [9.17, 15) is 9.59 Å². The second kappa shape index (κ2) is 5.67. The summed E-state index contributed by atoms with van der Waals surface area (Å²) >= 11 is 0. The van der Waals surface area contributed by atoms with Crippen LogP contribution in [0.3, 0.4) is 0 Å². The maximum absolute atomic E-state index is 13.1. The predicted molar refractivity (Wildman–Crippen MR) is 88.2 cm³/mol. The molecule has 0 saturated carbocycles. The van der Waals surface area contributed by atoms with E-state index in [1.807, 2.05) is 43.3 Å². The Bertz CT molecular complexity index is 817. The van der Waals surface area contributed by atoms with Gasteiger partial charge in [0, 0.05) is 6.42 Å². The zero-order valence-electron chi connectivity index (χ0n) is 13.3. The lowest BCUT2D eigenvalue weighted by Crippen LogP contribution is -2.51. The highest BCUT2D eigenvalue weighted by Crippen LogP contribution is 2.35. The zero-order valence-corrected chi connectivity index (χ0v) is 13.3. The molecule has 0 N–H and O–H groups in total. The van der Waals surface area contributed by atoms with Gasteiger partial charge in [-0.25, -0.2) is 4.79 Å². The molecular formula is C19H17NO4. The molecule has 0 aromatic heterocycles. The number of carbonyl (C=O) groups excluding carboxylic acids is 2. The standard InChI is InChI=1S/C19H17NO4/c1-12-11-23-16-9-5-4-8-15(16)20(12)18(21)17-10-13-6-2-3-7-14(13)19(22)24-17/h2-9,12,17H,10-11H2,1H3/t12-,17-/m1/s1. The molecule has 2 aliphatic rings. The molecule has 5 heteroatoms. The second-order valence-corrected chi connectivity index (χ2v) is 6.09. The first-order valence-electron chi connectivity index (χ1n) is 7.99. The van der Waals surface area contributed by atoms with Gasteiger partial charge in [0.15, 0.2) is 6.10 Å². The van der Waals surface area contributed by atoms with Crippen LogP contribution in [0, 0.1) is 0 Å². The third-order valence-electron chi connectivity index (χ3n) is 4.45. The van der Waals surface area contributed by atoms with Crippen LogP contribution < -0.4 is 9.64 Å². The van der Waals surface area contributed by atoms with Crippen LogP contribution in [-0.2, 0) is 16.0 Å². The van der Waals surface area contributed by atoms with Gasteiger partial charge in [-0.1, -0.05) is 30.3 Å². The smallest absolute Gasteiger partial charge is 0.339 e. The molecule has 2 aromatic carbocycles. The van der Waals surface area contributed by atoms with Gasteiger partial charge < -0.3 is 9.47 Å². The number of rotatable bonds is 1. The number of carbonyl (C=O) groups is 2. The van der Waals surface area contributed by atoms with Crippen LogP contribution in [-0.4, -0.2) is 30.6 Å². The van der Waals surface area contributed by atoms with Crippen LogP contribution in [0.1, 0.15) is 22.8 Å². The molecule has 0 fully saturated rings. The molecule has 2 aliphatic heterocycles. The Morgan fingerprint density at radius 3 is 2.75 bits per heavy atom. The van der Waals surface area contributed by atoms with Crippen molar-refractivity contribution in [3.05, 3.63) is 59.7 Å². The third kappa shape index (κ3) is 2.33. The Labute approximate surface area is 139 Å². The van der Waals surface area contributed by atoms with E-state index in [4.69, 9.17) is 9.47 Å². The van der Waals surface area contributed by atoms with Gasteiger partial charge in [-0.15, -0.1) is 0 Å². The lowest BCUT2D eigenvalue weighted by molar-refractivity contribution is -0.128. The largest absolute Gasteiger partial charge is 0.489 e. The van der Waals surface area contributed by atoms with Crippen molar-refractivity contribution in [2.45, 2.75) is 25.5 Å². The van der Waals surface area contributed by atoms with Crippen LogP contribution in [0.15, 0.2) is 48.5 Å². The number of hydrogen-bond donors (Lipinski definition) is 0. The first-order valence-corrected chi connectivity index (χ1v) is 7.99. The summed E-state index contributed by atoms with van der Waals surface area (Å²) in [7, 11) is 0. The molecule has 0 unspecified atom stereocenters. The number of amides is 1. The number of ether oxygens (including phenoxy) is 2. The highest BCUT2D eigenvalue weighted by molar-refractivity contribution is 6.02. The summed E-state index contributed by atoms with van der Waals surface area (Å²) in [6, 6.07) is 14.6. The average Bonchev–Trinajstić information content (AvgIpc) is 2.61. The zero-order chi connectivity index (χ0) is 16.7. The van der Waals surface area contributed by atoms with Crippen molar-refractivity contribution in [1.82, 2.24) is 0 Å². The first-order chi connectivity index (χ1) is 11.6. The van der Waals surface area contributed by atoms with E-state index in [2.05, 4.69) is 0 Å². The van der Waals surface area contributed by atoms with Gasteiger partial charge in [0.05, 0.1) is 17.3 Å². The van der Waals surface area contributed by atoms with Gasteiger partial charge in [-0.05, 0) is 30.7 Å². The number of hydrogen-bond acceptors (Lipinski definition) is 4. The SMILES string of the molecule is C[C@@H]1COc2ccccc2N1C(=O)[C@H]1Cc2ccccc2C(=O)O1. The molecule has 5 nitrogen and oxygen atoms in total. The highest BCUT2D eigenvalue weighted by atomic mass is 16.5. The lowest BCUT2D eigenvalue weighted by Gasteiger charge is -2.37. The number of esters is 1. The quantitative estimate of drug-likeness (QED) is 0.757. The van der Waals surface area contributed by atoms with Crippen molar-refractivity contribution in [2.75, 3.05) is 11.5 Å². The van der Waals surface area contributed by atoms with E-state index in [1.165, 1.54) is 0 Å². The van der Waals surface area contributed by atoms with Crippen LogP contribution in [0.2, 0.25) is 0 Å². The van der Waals surface area contributed by atoms with Gasteiger partial charge in [0.1, 0.15) is 12.4 Å². The van der Waals surface area contributed by atoms with Gasteiger partial charge in [0.25, 0.3) is 5.91 Å². The monoisotopic (exact) mass is 323 g/mol. The molecule has 0 radical (unpaired) electrons. The first kappa shape index (κ1) is 14.8. The fourth-order valence-electron chi connectivity index (χ4n) is 3.26. The van der Waals surface area contributed by atoms with Gasteiger partial charge in [-0.2, -0.15) is 0 Å². The lowest BCUT2D eigenvalue weighted by atomic mass is 9.97. The molecule has 4 rings (SSSR count). The summed E-state index contributed by atoms with van der Waals surface area (Å²) in [4.78, 5) is 27.0. The molecule has 1 amide bonds.